The van der Waals surface area contributed by atoms with Crippen LogP contribution < -0.4 is 0 Å². The molecule has 7 atom stereocenters. The van der Waals surface area contributed by atoms with Gasteiger partial charge in [-0.1, -0.05) is 325 Å². The van der Waals surface area contributed by atoms with E-state index >= 15 is 0 Å². The molecule has 3 N–H and O–H groups in total. The number of aliphatic hydroxyl groups excluding tert-OH is 1. The maximum absolute atomic E-state index is 13.1. The van der Waals surface area contributed by atoms with Gasteiger partial charge in [-0.15, -0.1) is 0 Å². The van der Waals surface area contributed by atoms with Crippen molar-refractivity contribution < 1.29 is 80.2 Å². The molecule has 0 heterocycles. The predicted octanol–water partition coefficient (Wildman–Crippen LogP) is 21.4. The Bertz CT molecular complexity index is 1820. The maximum atomic E-state index is 13.1. The quantitative estimate of drug-likeness (QED) is 0.0222. The van der Waals surface area contributed by atoms with E-state index in [2.05, 4.69) is 48.5 Å². The number of hydrogen-bond acceptors (Lipinski definition) is 15. The maximum Gasteiger partial charge on any atom is 0.472 e. The highest BCUT2D eigenvalue weighted by atomic mass is 31.2. The zero-order valence-corrected chi connectivity index (χ0v) is 62.5. The van der Waals surface area contributed by atoms with E-state index < -0.39 is 97.5 Å². The Morgan fingerprint density at radius 3 is 0.817 bits per heavy atom. The minimum absolute atomic E-state index is 0.106. The molecule has 0 radical (unpaired) electrons. The van der Waals surface area contributed by atoms with Crippen molar-refractivity contribution in [2.24, 2.45) is 17.8 Å². The fourth-order valence-corrected chi connectivity index (χ4v) is 12.8. The lowest BCUT2D eigenvalue weighted by Crippen LogP contribution is -2.30. The van der Waals surface area contributed by atoms with Crippen LogP contribution in [0.15, 0.2) is 0 Å². The van der Waals surface area contributed by atoms with Crippen LogP contribution in [0.2, 0.25) is 0 Å². The molecule has 4 unspecified atom stereocenters. The van der Waals surface area contributed by atoms with Crippen LogP contribution in [0.5, 0.6) is 0 Å². The molecule has 0 amide bonds. The van der Waals surface area contributed by atoms with Gasteiger partial charge in [0.1, 0.15) is 19.3 Å². The van der Waals surface area contributed by atoms with Crippen molar-refractivity contribution in [2.45, 2.75) is 394 Å². The summed E-state index contributed by atoms with van der Waals surface area (Å²) in [6.45, 7) is 11.9. The Morgan fingerprint density at radius 1 is 0.312 bits per heavy atom. The average molecular weight is 1370 g/mol. The summed E-state index contributed by atoms with van der Waals surface area (Å²) >= 11 is 0. The zero-order valence-electron chi connectivity index (χ0n) is 60.7. The summed E-state index contributed by atoms with van der Waals surface area (Å²) < 4.78 is 68.5. The molecule has 0 aromatic heterocycles. The SMILES string of the molecule is CCCCCCCCCCCCC(=O)OC[C@H](COP(=O)(O)OC[C@H](O)COP(=O)(O)OC[C@@H](COC(=O)CCCCCCCCCCCCC(C)CC)OC(=O)CCCCCCCCCCCCCCC(C)C)OC(=O)CCCCCCCCCCCCC(C)CC. The Balaban J connectivity index is 5.27. The van der Waals surface area contributed by atoms with Gasteiger partial charge >= 0.3 is 39.5 Å². The van der Waals surface area contributed by atoms with E-state index in [0.717, 1.165) is 108 Å². The first kappa shape index (κ1) is 91.1. The second-order valence-electron chi connectivity index (χ2n) is 27.6. The number of hydrogen-bond donors (Lipinski definition) is 3. The summed E-state index contributed by atoms with van der Waals surface area (Å²) in [6, 6.07) is 0. The van der Waals surface area contributed by atoms with E-state index in [1.807, 2.05) is 0 Å². The summed E-state index contributed by atoms with van der Waals surface area (Å²) in [5, 5.41) is 10.6. The van der Waals surface area contributed by atoms with Crippen molar-refractivity contribution in [2.75, 3.05) is 39.6 Å². The molecule has 0 saturated heterocycles. The summed E-state index contributed by atoms with van der Waals surface area (Å²) in [5.41, 5.74) is 0. The topological polar surface area (TPSA) is 237 Å². The Labute approximate surface area is 568 Å². The molecule has 0 aromatic rings. The number of carbonyl (C=O) groups excluding carboxylic acids is 4. The second kappa shape index (κ2) is 64.7. The first-order valence-electron chi connectivity index (χ1n) is 38.4. The van der Waals surface area contributed by atoms with Gasteiger partial charge in [0.25, 0.3) is 0 Å². The molecule has 552 valence electrons. The monoisotopic (exact) mass is 1370 g/mol. The molecule has 0 aliphatic rings. The van der Waals surface area contributed by atoms with Crippen molar-refractivity contribution in [1.29, 1.82) is 0 Å². The van der Waals surface area contributed by atoms with E-state index in [1.54, 1.807) is 0 Å². The number of carbonyl (C=O) groups is 4. The lowest BCUT2D eigenvalue weighted by Gasteiger charge is -2.21. The third-order valence-electron chi connectivity index (χ3n) is 17.9. The minimum atomic E-state index is -4.96. The molecule has 0 spiro atoms. The van der Waals surface area contributed by atoms with E-state index in [0.29, 0.717) is 25.7 Å². The van der Waals surface area contributed by atoms with Gasteiger partial charge in [-0.3, -0.25) is 37.3 Å². The second-order valence-corrected chi connectivity index (χ2v) is 30.6. The van der Waals surface area contributed by atoms with Crippen molar-refractivity contribution in [3.63, 3.8) is 0 Å². The van der Waals surface area contributed by atoms with E-state index in [4.69, 9.17) is 37.0 Å². The Morgan fingerprint density at radius 2 is 0.548 bits per heavy atom. The van der Waals surface area contributed by atoms with Gasteiger partial charge in [0, 0.05) is 25.7 Å². The number of rotatable bonds is 72. The number of esters is 4. The largest absolute Gasteiger partial charge is 0.472 e. The molecule has 0 fully saturated rings. The number of aliphatic hydroxyl groups is 1. The standard InChI is InChI=1S/C74H144O17P2/c1-8-11-12-13-14-15-27-34-41-48-55-71(76)84-61-69(91-74(79)58-51-44-37-30-23-21-26-33-40-47-54-67(7)10-3)63-88-92(80,81)86-59-68(75)60-87-93(82,83)89-64-70(62-85-72(77)56-49-42-35-28-22-20-25-32-39-46-53-66(6)9-2)90-73(78)57-50-43-36-29-19-17-16-18-24-31-38-45-52-65(4)5/h65-70,75H,8-64H2,1-7H3,(H,80,81)(H,82,83)/t66?,67?,68-,69+,70+/m0/s1. The highest BCUT2D eigenvalue weighted by Gasteiger charge is 2.30. The number of unbranched alkanes of at least 4 members (excludes halogenated alkanes) is 38. The van der Waals surface area contributed by atoms with Gasteiger partial charge in [-0.05, 0) is 43.4 Å². The molecule has 0 bridgehead atoms. The summed E-state index contributed by atoms with van der Waals surface area (Å²) in [5.74, 6) is 0.270. The molecule has 0 aliphatic carbocycles. The molecule has 93 heavy (non-hydrogen) atoms. The number of ether oxygens (including phenoxy) is 4. The Hall–Kier alpha value is -1.94. The van der Waals surface area contributed by atoms with Gasteiger partial charge in [0.15, 0.2) is 12.2 Å². The predicted molar refractivity (Wildman–Crippen MR) is 377 cm³/mol. The summed E-state index contributed by atoms with van der Waals surface area (Å²) in [4.78, 5) is 72.7. The zero-order chi connectivity index (χ0) is 68.7. The normalized spacial score (nSPS) is 14.7. The van der Waals surface area contributed by atoms with Crippen molar-refractivity contribution >= 4 is 39.5 Å². The van der Waals surface area contributed by atoms with Crippen molar-refractivity contribution in [1.82, 2.24) is 0 Å². The van der Waals surface area contributed by atoms with Crippen molar-refractivity contribution in [3.8, 4) is 0 Å². The molecule has 0 rings (SSSR count). The van der Waals surface area contributed by atoms with Gasteiger partial charge in [0.05, 0.1) is 26.4 Å². The fourth-order valence-electron chi connectivity index (χ4n) is 11.2. The highest BCUT2D eigenvalue weighted by Crippen LogP contribution is 2.45. The third-order valence-corrected chi connectivity index (χ3v) is 19.8. The lowest BCUT2D eigenvalue weighted by molar-refractivity contribution is -0.161. The van der Waals surface area contributed by atoms with Crippen LogP contribution in [0.25, 0.3) is 0 Å². The fraction of sp³-hybridized carbons (Fsp3) is 0.946. The molecular formula is C74H144O17P2. The van der Waals surface area contributed by atoms with Gasteiger partial charge in [-0.2, -0.15) is 0 Å². The smallest absolute Gasteiger partial charge is 0.462 e. The number of phosphoric ester groups is 2. The molecule has 19 heteroatoms. The van der Waals surface area contributed by atoms with E-state index in [1.165, 1.54) is 186 Å². The lowest BCUT2D eigenvalue weighted by atomic mass is 9.99. The summed E-state index contributed by atoms with van der Waals surface area (Å²) in [7, 11) is -9.91. The van der Waals surface area contributed by atoms with Crippen molar-refractivity contribution in [3.05, 3.63) is 0 Å². The minimum Gasteiger partial charge on any atom is -0.462 e. The van der Waals surface area contributed by atoms with Gasteiger partial charge in [0.2, 0.25) is 0 Å². The van der Waals surface area contributed by atoms with Crippen LogP contribution in [-0.2, 0) is 65.4 Å². The molecule has 0 saturated carbocycles. The van der Waals surface area contributed by atoms with Crippen LogP contribution >= 0.6 is 15.6 Å². The Kier molecular flexibility index (Phi) is 63.4. The number of phosphoric acid groups is 2. The molecule has 17 nitrogen and oxygen atoms in total. The first-order valence-corrected chi connectivity index (χ1v) is 41.4. The van der Waals surface area contributed by atoms with Crippen LogP contribution in [0.4, 0.5) is 0 Å². The van der Waals surface area contributed by atoms with Gasteiger partial charge < -0.3 is 33.8 Å². The van der Waals surface area contributed by atoms with Crippen LogP contribution in [0.3, 0.4) is 0 Å². The highest BCUT2D eigenvalue weighted by molar-refractivity contribution is 7.47. The van der Waals surface area contributed by atoms with Gasteiger partial charge in [-0.25, -0.2) is 9.13 Å². The molecule has 0 aromatic carbocycles. The van der Waals surface area contributed by atoms with E-state index in [-0.39, 0.29) is 25.7 Å². The molecule has 0 aliphatic heterocycles. The average Bonchev–Trinajstić information content (AvgIpc) is 1.96. The third kappa shape index (κ3) is 65.8. The van der Waals surface area contributed by atoms with Crippen LogP contribution in [0.1, 0.15) is 376 Å². The van der Waals surface area contributed by atoms with E-state index in [9.17, 15) is 43.2 Å². The van der Waals surface area contributed by atoms with Crippen LogP contribution in [-0.4, -0.2) is 96.7 Å². The first-order chi connectivity index (χ1) is 44.8. The van der Waals surface area contributed by atoms with Crippen LogP contribution in [0, 0.1) is 17.8 Å². The summed E-state index contributed by atoms with van der Waals surface area (Å²) in [6.07, 6.45) is 49.7. The molecular weight excluding hydrogens is 1220 g/mol.